The van der Waals surface area contributed by atoms with E-state index in [4.69, 9.17) is 11.6 Å². The lowest BCUT2D eigenvalue weighted by molar-refractivity contribution is -0.0794. The van der Waals surface area contributed by atoms with E-state index in [1.54, 1.807) is 29.1 Å². The molecule has 2 aromatic heterocycles. The SMILES string of the molecule is CN.Cc1cnc(NC2CC(F)(F)C2)nc1-n1cnc(C(=O)NCc2cccc(Cl)c2)c1. The van der Waals surface area contributed by atoms with Gasteiger partial charge in [0, 0.05) is 48.4 Å². The third kappa shape index (κ3) is 5.77. The van der Waals surface area contributed by atoms with E-state index >= 15 is 0 Å². The fraction of sp³-hybridized carbons (Fsp3) is 0.333. The van der Waals surface area contributed by atoms with Crippen molar-refractivity contribution in [3.8, 4) is 5.82 Å². The van der Waals surface area contributed by atoms with Crippen LogP contribution in [0.25, 0.3) is 5.82 Å². The second-order valence-corrected chi connectivity index (χ2v) is 7.72. The summed E-state index contributed by atoms with van der Waals surface area (Å²) in [7, 11) is 1.50. The number of carbonyl (C=O) groups excluding carboxylic acids is 1. The van der Waals surface area contributed by atoms with Crippen LogP contribution in [0.1, 0.15) is 34.5 Å². The summed E-state index contributed by atoms with van der Waals surface area (Å²) in [6.45, 7) is 2.13. The molecule has 1 aliphatic carbocycles. The highest BCUT2D eigenvalue weighted by atomic mass is 35.5. The molecule has 0 unspecified atom stereocenters. The Balaban J connectivity index is 0.00000141. The first-order chi connectivity index (χ1) is 15.3. The third-order valence-electron chi connectivity index (χ3n) is 4.77. The second-order valence-electron chi connectivity index (χ2n) is 7.28. The van der Waals surface area contributed by atoms with Gasteiger partial charge in [0.1, 0.15) is 17.8 Å². The van der Waals surface area contributed by atoms with E-state index in [9.17, 15) is 13.6 Å². The molecule has 170 valence electrons. The average molecular weight is 464 g/mol. The van der Waals surface area contributed by atoms with E-state index in [1.807, 2.05) is 19.1 Å². The quantitative estimate of drug-likeness (QED) is 0.517. The number of hydrogen-bond acceptors (Lipinski definition) is 6. The van der Waals surface area contributed by atoms with Crippen LogP contribution in [-0.2, 0) is 6.54 Å². The molecule has 0 saturated heterocycles. The molecule has 1 saturated carbocycles. The van der Waals surface area contributed by atoms with Crippen LogP contribution < -0.4 is 16.4 Å². The van der Waals surface area contributed by atoms with E-state index in [1.165, 1.54) is 13.4 Å². The molecular weight excluding hydrogens is 440 g/mol. The molecule has 1 aliphatic rings. The Hall–Kier alpha value is -3.11. The summed E-state index contributed by atoms with van der Waals surface area (Å²) < 4.78 is 27.7. The highest BCUT2D eigenvalue weighted by molar-refractivity contribution is 6.30. The van der Waals surface area contributed by atoms with E-state index in [2.05, 4.69) is 31.3 Å². The second kappa shape index (κ2) is 10.0. The maximum absolute atomic E-state index is 13.0. The standard InChI is InChI=1S/C20H19ClF2N6O.CH5N/c1-12-8-25-19(27-15-6-20(22,23)7-15)28-17(12)29-10-16(26-11-29)18(30)24-9-13-3-2-4-14(21)5-13;1-2/h2-5,8,10-11,15H,6-7,9H2,1H3,(H,24,30)(H,25,27,28);2H2,1H3. The Morgan fingerprint density at radius 1 is 1.31 bits per heavy atom. The number of imidazole rings is 1. The van der Waals surface area contributed by atoms with Crippen LogP contribution in [-0.4, -0.2) is 44.4 Å². The molecule has 32 heavy (non-hydrogen) atoms. The molecule has 8 nitrogen and oxygen atoms in total. The summed E-state index contributed by atoms with van der Waals surface area (Å²) in [5.74, 6) is -2.18. The van der Waals surface area contributed by atoms with Gasteiger partial charge < -0.3 is 16.4 Å². The summed E-state index contributed by atoms with van der Waals surface area (Å²) in [5, 5.41) is 6.31. The zero-order valence-electron chi connectivity index (χ0n) is 17.6. The number of anilines is 1. The first-order valence-corrected chi connectivity index (χ1v) is 10.3. The maximum atomic E-state index is 13.0. The van der Waals surface area contributed by atoms with Crippen LogP contribution in [0, 0.1) is 6.92 Å². The summed E-state index contributed by atoms with van der Waals surface area (Å²) in [4.78, 5) is 25.1. The van der Waals surface area contributed by atoms with E-state index < -0.39 is 5.92 Å². The maximum Gasteiger partial charge on any atom is 0.271 e. The fourth-order valence-corrected chi connectivity index (χ4v) is 3.40. The first-order valence-electron chi connectivity index (χ1n) is 9.92. The van der Waals surface area contributed by atoms with Crippen LogP contribution in [0.2, 0.25) is 5.02 Å². The topological polar surface area (TPSA) is 111 Å². The number of benzene rings is 1. The van der Waals surface area contributed by atoms with Gasteiger partial charge in [-0.1, -0.05) is 23.7 Å². The number of hydrogen-bond donors (Lipinski definition) is 3. The molecule has 0 spiro atoms. The van der Waals surface area contributed by atoms with Gasteiger partial charge in [0.25, 0.3) is 11.8 Å². The molecule has 11 heteroatoms. The third-order valence-corrected chi connectivity index (χ3v) is 5.01. The molecule has 3 aromatic rings. The lowest BCUT2D eigenvalue weighted by Gasteiger charge is -2.35. The highest BCUT2D eigenvalue weighted by Gasteiger charge is 2.45. The number of carbonyl (C=O) groups is 1. The Labute approximate surface area is 189 Å². The monoisotopic (exact) mass is 463 g/mol. The van der Waals surface area contributed by atoms with Crippen molar-refractivity contribution in [2.45, 2.75) is 38.3 Å². The van der Waals surface area contributed by atoms with Crippen molar-refractivity contribution >= 4 is 23.5 Å². The highest BCUT2D eigenvalue weighted by Crippen LogP contribution is 2.38. The van der Waals surface area contributed by atoms with Gasteiger partial charge in [0.2, 0.25) is 5.95 Å². The van der Waals surface area contributed by atoms with Crippen LogP contribution >= 0.6 is 11.6 Å². The molecule has 4 N–H and O–H groups in total. The number of nitrogens with two attached hydrogens (primary N) is 1. The lowest BCUT2D eigenvalue weighted by atomic mass is 9.88. The Morgan fingerprint density at radius 3 is 2.75 bits per heavy atom. The van der Waals surface area contributed by atoms with Gasteiger partial charge in [-0.05, 0) is 31.7 Å². The number of alkyl halides is 2. The Morgan fingerprint density at radius 2 is 2.06 bits per heavy atom. The number of rotatable bonds is 6. The number of nitrogens with zero attached hydrogens (tertiary/aromatic N) is 4. The molecule has 1 fully saturated rings. The van der Waals surface area contributed by atoms with E-state index in [0.717, 1.165) is 11.1 Å². The smallest absolute Gasteiger partial charge is 0.271 e. The van der Waals surface area contributed by atoms with Gasteiger partial charge in [-0.15, -0.1) is 0 Å². The minimum Gasteiger partial charge on any atom is -0.351 e. The molecule has 1 aromatic carbocycles. The van der Waals surface area contributed by atoms with Gasteiger partial charge in [-0.25, -0.2) is 18.7 Å². The van der Waals surface area contributed by atoms with Crippen molar-refractivity contribution < 1.29 is 13.6 Å². The summed E-state index contributed by atoms with van der Waals surface area (Å²) in [6, 6.07) is 6.86. The van der Waals surface area contributed by atoms with Gasteiger partial charge in [0.05, 0.1) is 0 Å². The molecular formula is C21H24ClF2N7O. The van der Waals surface area contributed by atoms with Crippen LogP contribution in [0.3, 0.4) is 0 Å². The van der Waals surface area contributed by atoms with Gasteiger partial charge >= 0.3 is 0 Å². The van der Waals surface area contributed by atoms with Crippen LogP contribution in [0.5, 0.6) is 0 Å². The average Bonchev–Trinajstić information content (AvgIpc) is 3.24. The molecule has 0 radical (unpaired) electrons. The molecule has 0 bridgehead atoms. The zero-order valence-corrected chi connectivity index (χ0v) is 18.4. The van der Waals surface area contributed by atoms with Gasteiger partial charge in [-0.3, -0.25) is 9.36 Å². The predicted molar refractivity (Wildman–Crippen MR) is 118 cm³/mol. The van der Waals surface area contributed by atoms with Crippen molar-refractivity contribution in [3.05, 3.63) is 64.8 Å². The van der Waals surface area contributed by atoms with Crippen molar-refractivity contribution in [2.24, 2.45) is 5.73 Å². The Bertz CT molecular complexity index is 1080. The van der Waals surface area contributed by atoms with Crippen LogP contribution in [0.15, 0.2) is 43.0 Å². The number of halogens is 3. The van der Waals surface area contributed by atoms with Crippen molar-refractivity contribution in [3.63, 3.8) is 0 Å². The normalized spacial score (nSPS) is 14.7. The molecule has 4 rings (SSSR count). The number of nitrogens with one attached hydrogen (secondary N) is 2. The first kappa shape index (κ1) is 23.6. The number of amides is 1. The van der Waals surface area contributed by atoms with Crippen LogP contribution in [0.4, 0.5) is 14.7 Å². The molecule has 2 heterocycles. The minimum atomic E-state index is -2.62. The zero-order chi connectivity index (χ0) is 23.3. The summed E-state index contributed by atoms with van der Waals surface area (Å²) in [6.07, 6.45) is 4.17. The predicted octanol–water partition coefficient (Wildman–Crippen LogP) is 3.34. The minimum absolute atomic E-state index is 0.225. The number of aryl methyl sites for hydroxylation is 1. The van der Waals surface area contributed by atoms with Crippen molar-refractivity contribution in [1.82, 2.24) is 24.8 Å². The Kier molecular flexibility index (Phi) is 7.37. The molecule has 0 aliphatic heterocycles. The summed E-state index contributed by atoms with van der Waals surface area (Å²) in [5.41, 5.74) is 6.35. The summed E-state index contributed by atoms with van der Waals surface area (Å²) >= 11 is 5.95. The van der Waals surface area contributed by atoms with Gasteiger partial charge in [0.15, 0.2) is 0 Å². The van der Waals surface area contributed by atoms with Crippen molar-refractivity contribution in [1.29, 1.82) is 0 Å². The molecule has 1 amide bonds. The van der Waals surface area contributed by atoms with E-state index in [0.29, 0.717) is 17.4 Å². The van der Waals surface area contributed by atoms with E-state index in [-0.39, 0.29) is 36.4 Å². The lowest BCUT2D eigenvalue weighted by Crippen LogP contribution is -2.44. The fourth-order valence-electron chi connectivity index (χ4n) is 3.19. The van der Waals surface area contributed by atoms with Gasteiger partial charge in [-0.2, -0.15) is 4.98 Å². The van der Waals surface area contributed by atoms with Crippen molar-refractivity contribution in [2.75, 3.05) is 12.4 Å². The largest absolute Gasteiger partial charge is 0.351 e. The molecule has 0 atom stereocenters. The number of aromatic nitrogens is 4.